The monoisotopic (exact) mass is 557 g/mol. The standard InChI is InChI=1S/C28H35N3O7S/c1-19-7-12-22(31(35)36)18-23(19)25(32)29-21-10-8-20(9-11-21)17-24(26(33)38-37)30-27(34)28(13-3-4-14-28)15-5-6-16-39-2/h7-12,18,24,37H,3-6,13-17H2,1-2H3,(H,29,32)(H,30,34). The predicted molar refractivity (Wildman–Crippen MR) is 150 cm³/mol. The first-order valence-corrected chi connectivity index (χ1v) is 14.4. The van der Waals surface area contributed by atoms with Gasteiger partial charge in [-0.2, -0.15) is 17.0 Å². The Bertz CT molecular complexity index is 1180. The first-order chi connectivity index (χ1) is 18.7. The molecule has 1 saturated carbocycles. The van der Waals surface area contributed by atoms with Gasteiger partial charge in [0.05, 0.1) is 4.92 Å². The molecule has 39 heavy (non-hydrogen) atoms. The number of thioether (sulfide) groups is 1. The van der Waals surface area contributed by atoms with Gasteiger partial charge in [0.15, 0.2) is 0 Å². The number of anilines is 1. The minimum Gasteiger partial charge on any atom is -0.342 e. The fourth-order valence-electron chi connectivity index (χ4n) is 5.05. The lowest BCUT2D eigenvalue weighted by Gasteiger charge is -2.29. The van der Waals surface area contributed by atoms with Crippen molar-refractivity contribution in [3.05, 3.63) is 69.3 Å². The molecule has 10 nitrogen and oxygen atoms in total. The summed E-state index contributed by atoms with van der Waals surface area (Å²) in [7, 11) is 0. The van der Waals surface area contributed by atoms with Gasteiger partial charge in [0, 0.05) is 35.2 Å². The van der Waals surface area contributed by atoms with E-state index in [1.54, 1.807) is 43.0 Å². The van der Waals surface area contributed by atoms with E-state index < -0.39 is 28.3 Å². The van der Waals surface area contributed by atoms with Crippen molar-refractivity contribution >= 4 is 40.9 Å². The molecule has 3 rings (SSSR count). The molecule has 0 aliphatic heterocycles. The van der Waals surface area contributed by atoms with E-state index in [0.717, 1.165) is 50.7 Å². The molecule has 0 bridgehead atoms. The van der Waals surface area contributed by atoms with Crippen molar-refractivity contribution in [2.45, 2.75) is 64.3 Å². The van der Waals surface area contributed by atoms with Gasteiger partial charge in [-0.1, -0.05) is 37.5 Å². The number of nitrogens with one attached hydrogen (secondary N) is 2. The highest BCUT2D eigenvalue weighted by Crippen LogP contribution is 2.42. The van der Waals surface area contributed by atoms with E-state index in [-0.39, 0.29) is 23.6 Å². The van der Waals surface area contributed by atoms with Gasteiger partial charge in [-0.05, 0) is 67.9 Å². The Morgan fingerprint density at radius 3 is 2.44 bits per heavy atom. The van der Waals surface area contributed by atoms with Crippen LogP contribution < -0.4 is 10.6 Å². The second-order valence-electron chi connectivity index (χ2n) is 9.99. The van der Waals surface area contributed by atoms with Crippen molar-refractivity contribution in [3.63, 3.8) is 0 Å². The van der Waals surface area contributed by atoms with Gasteiger partial charge in [0.2, 0.25) is 5.91 Å². The van der Waals surface area contributed by atoms with Crippen LogP contribution in [0.25, 0.3) is 0 Å². The Labute approximate surface area is 232 Å². The zero-order valence-corrected chi connectivity index (χ0v) is 23.1. The first kappa shape index (κ1) is 30.1. The lowest BCUT2D eigenvalue weighted by atomic mass is 9.80. The van der Waals surface area contributed by atoms with Gasteiger partial charge in [0.1, 0.15) is 6.04 Å². The number of rotatable bonds is 13. The van der Waals surface area contributed by atoms with Crippen LogP contribution in [0, 0.1) is 22.5 Å². The van der Waals surface area contributed by atoms with Crippen LogP contribution in [0.2, 0.25) is 0 Å². The smallest absolute Gasteiger partial charge is 0.342 e. The summed E-state index contributed by atoms with van der Waals surface area (Å²) in [6, 6.07) is 9.66. The fraction of sp³-hybridized carbons (Fsp3) is 0.464. The third-order valence-electron chi connectivity index (χ3n) is 7.30. The molecule has 0 aromatic heterocycles. The van der Waals surface area contributed by atoms with Crippen molar-refractivity contribution in [1.29, 1.82) is 0 Å². The molecule has 2 aromatic rings. The molecule has 3 N–H and O–H groups in total. The average molecular weight is 558 g/mol. The molecular formula is C28H35N3O7S. The lowest BCUT2D eigenvalue weighted by Crippen LogP contribution is -2.49. The zero-order valence-electron chi connectivity index (χ0n) is 22.2. The van der Waals surface area contributed by atoms with Crippen LogP contribution in [0.15, 0.2) is 42.5 Å². The molecule has 2 amide bonds. The number of nitrogens with zero attached hydrogens (tertiary/aromatic N) is 1. The van der Waals surface area contributed by atoms with Crippen LogP contribution in [0.3, 0.4) is 0 Å². The molecule has 0 saturated heterocycles. The molecular weight excluding hydrogens is 522 g/mol. The third-order valence-corrected chi connectivity index (χ3v) is 8.00. The first-order valence-electron chi connectivity index (χ1n) is 13.0. The summed E-state index contributed by atoms with van der Waals surface area (Å²) >= 11 is 1.78. The number of amides is 2. The molecule has 1 fully saturated rings. The Morgan fingerprint density at radius 2 is 1.82 bits per heavy atom. The minimum absolute atomic E-state index is 0.0892. The van der Waals surface area contributed by atoms with E-state index in [0.29, 0.717) is 16.8 Å². The van der Waals surface area contributed by atoms with Crippen LogP contribution >= 0.6 is 11.8 Å². The molecule has 2 aromatic carbocycles. The highest BCUT2D eigenvalue weighted by atomic mass is 32.2. The Morgan fingerprint density at radius 1 is 1.13 bits per heavy atom. The number of non-ortho nitro benzene ring substituents is 1. The van der Waals surface area contributed by atoms with Crippen LogP contribution in [0.1, 0.15) is 66.4 Å². The summed E-state index contributed by atoms with van der Waals surface area (Å²) in [5.41, 5.74) is 1.23. The Kier molecular flexibility index (Phi) is 10.9. The summed E-state index contributed by atoms with van der Waals surface area (Å²) in [5, 5.41) is 25.7. The van der Waals surface area contributed by atoms with Crippen molar-refractivity contribution in [1.82, 2.24) is 5.32 Å². The number of benzene rings is 2. The van der Waals surface area contributed by atoms with E-state index in [9.17, 15) is 24.5 Å². The van der Waals surface area contributed by atoms with Gasteiger partial charge in [-0.3, -0.25) is 24.6 Å². The van der Waals surface area contributed by atoms with Crippen molar-refractivity contribution < 1.29 is 29.5 Å². The van der Waals surface area contributed by atoms with Gasteiger partial charge >= 0.3 is 5.97 Å². The average Bonchev–Trinajstić information content (AvgIpc) is 3.41. The summed E-state index contributed by atoms with van der Waals surface area (Å²) in [6.45, 7) is 1.69. The normalized spacial score (nSPS) is 14.8. The number of unbranched alkanes of at least 4 members (excludes halogenated alkanes) is 1. The van der Waals surface area contributed by atoms with E-state index in [1.807, 2.05) is 0 Å². The number of hydrogen-bond donors (Lipinski definition) is 3. The molecule has 1 aliphatic carbocycles. The summed E-state index contributed by atoms with van der Waals surface area (Å²) < 4.78 is 0. The largest absolute Gasteiger partial charge is 0.364 e. The maximum absolute atomic E-state index is 13.4. The second-order valence-corrected chi connectivity index (χ2v) is 11.0. The summed E-state index contributed by atoms with van der Waals surface area (Å²) in [5.74, 6) is -0.580. The van der Waals surface area contributed by atoms with E-state index in [1.165, 1.54) is 18.2 Å². The predicted octanol–water partition coefficient (Wildman–Crippen LogP) is 5.29. The number of hydrogen-bond acceptors (Lipinski definition) is 8. The molecule has 1 aliphatic rings. The highest BCUT2D eigenvalue weighted by molar-refractivity contribution is 7.98. The van der Waals surface area contributed by atoms with Crippen LogP contribution in [0.4, 0.5) is 11.4 Å². The number of aryl methyl sites for hydroxylation is 1. The fourth-order valence-corrected chi connectivity index (χ4v) is 5.54. The van der Waals surface area contributed by atoms with Crippen LogP contribution in [-0.2, 0) is 20.9 Å². The molecule has 0 heterocycles. The third kappa shape index (κ3) is 8.03. The van der Waals surface area contributed by atoms with E-state index >= 15 is 0 Å². The molecule has 0 spiro atoms. The van der Waals surface area contributed by atoms with Gasteiger partial charge in [0.25, 0.3) is 11.6 Å². The molecule has 0 radical (unpaired) electrons. The summed E-state index contributed by atoms with van der Waals surface area (Å²) in [4.78, 5) is 52.9. The Hall–Kier alpha value is -3.44. The summed E-state index contributed by atoms with van der Waals surface area (Å²) in [6.07, 6.45) is 8.36. The van der Waals surface area contributed by atoms with Gasteiger partial charge in [-0.15, -0.1) is 0 Å². The zero-order chi connectivity index (χ0) is 28.4. The van der Waals surface area contributed by atoms with Crippen molar-refractivity contribution in [2.24, 2.45) is 5.41 Å². The van der Waals surface area contributed by atoms with Crippen molar-refractivity contribution in [3.8, 4) is 0 Å². The van der Waals surface area contributed by atoms with Crippen LogP contribution in [-0.4, -0.2) is 46.0 Å². The quantitative estimate of drug-likeness (QED) is 0.130. The molecule has 210 valence electrons. The van der Waals surface area contributed by atoms with Gasteiger partial charge in [-0.25, -0.2) is 4.79 Å². The number of nitro groups is 1. The van der Waals surface area contributed by atoms with E-state index in [4.69, 9.17) is 5.26 Å². The molecule has 1 unspecified atom stereocenters. The maximum Gasteiger partial charge on any atom is 0.364 e. The van der Waals surface area contributed by atoms with E-state index in [2.05, 4.69) is 21.8 Å². The minimum atomic E-state index is -1.07. The van der Waals surface area contributed by atoms with Crippen molar-refractivity contribution in [2.75, 3.05) is 17.3 Å². The Balaban J connectivity index is 1.67. The molecule has 11 heteroatoms. The van der Waals surface area contributed by atoms with Gasteiger partial charge < -0.3 is 10.6 Å². The van der Waals surface area contributed by atoms with Crippen LogP contribution in [0.5, 0.6) is 0 Å². The topological polar surface area (TPSA) is 148 Å². The second kappa shape index (κ2) is 14.1. The SMILES string of the molecule is CSCCCCC1(C(=O)NC(Cc2ccc(NC(=O)c3cc([N+](=O)[O-])ccc3C)cc2)C(=O)OO)CCCC1. The number of carbonyl (C=O) groups is 3. The maximum atomic E-state index is 13.4. The highest BCUT2D eigenvalue weighted by Gasteiger charge is 2.42. The lowest BCUT2D eigenvalue weighted by molar-refractivity contribution is -0.384. The number of carbonyl (C=O) groups excluding carboxylic acids is 3. The number of nitro benzene ring substituents is 1. The molecule has 1 atom stereocenters.